The van der Waals surface area contributed by atoms with E-state index in [4.69, 9.17) is 14.0 Å². The molecule has 1 aromatic carbocycles. The molecule has 0 radical (unpaired) electrons. The molecule has 1 heterocycles. The number of hydrogen-bond acceptors (Lipinski definition) is 6. The molecular weight excluding hydrogens is 258 g/mol. The van der Waals surface area contributed by atoms with E-state index in [9.17, 15) is 0 Å². The number of rotatable bonds is 7. The zero-order valence-corrected chi connectivity index (χ0v) is 11.9. The molecule has 1 unspecified atom stereocenters. The van der Waals surface area contributed by atoms with Gasteiger partial charge in [-0.05, 0) is 26.1 Å². The van der Waals surface area contributed by atoms with Gasteiger partial charge in [0, 0.05) is 12.5 Å². The summed E-state index contributed by atoms with van der Waals surface area (Å²) in [6.07, 6.45) is 0.717. The first-order chi connectivity index (χ1) is 9.72. The minimum absolute atomic E-state index is 0.224. The summed E-state index contributed by atoms with van der Waals surface area (Å²) in [7, 11) is 3.50. The number of ether oxygens (including phenoxy) is 2. The number of likely N-dealkylation sites (N-methyl/N-ethyl adjacent to an activating group) is 1. The van der Waals surface area contributed by atoms with Crippen molar-refractivity contribution in [1.82, 2.24) is 15.5 Å². The highest BCUT2D eigenvalue weighted by Crippen LogP contribution is 2.26. The SMILES string of the molecule is CNC(C)Cc1noc(COc2ccccc2OC)n1. The van der Waals surface area contributed by atoms with E-state index in [0.717, 1.165) is 0 Å². The van der Waals surface area contributed by atoms with Gasteiger partial charge in [-0.2, -0.15) is 4.98 Å². The highest BCUT2D eigenvalue weighted by Gasteiger charge is 2.11. The maximum absolute atomic E-state index is 5.62. The summed E-state index contributed by atoms with van der Waals surface area (Å²) in [6, 6.07) is 7.74. The van der Waals surface area contributed by atoms with Crippen LogP contribution in [0.2, 0.25) is 0 Å². The number of para-hydroxylation sites is 2. The highest BCUT2D eigenvalue weighted by atomic mass is 16.5. The predicted molar refractivity (Wildman–Crippen MR) is 73.8 cm³/mol. The van der Waals surface area contributed by atoms with Crippen molar-refractivity contribution in [2.75, 3.05) is 14.2 Å². The van der Waals surface area contributed by atoms with Crippen LogP contribution in [0.15, 0.2) is 28.8 Å². The molecule has 0 aliphatic carbocycles. The first-order valence-electron chi connectivity index (χ1n) is 6.47. The number of nitrogens with zero attached hydrogens (tertiary/aromatic N) is 2. The van der Waals surface area contributed by atoms with E-state index in [1.165, 1.54) is 0 Å². The molecule has 1 N–H and O–H groups in total. The second kappa shape index (κ2) is 6.91. The molecule has 0 amide bonds. The standard InChI is InChI=1S/C14H19N3O3/c1-10(15-2)8-13-16-14(20-17-13)9-19-12-7-5-4-6-11(12)18-3/h4-7,10,15H,8-9H2,1-3H3. The molecule has 0 fully saturated rings. The maximum Gasteiger partial charge on any atom is 0.264 e. The highest BCUT2D eigenvalue weighted by molar-refractivity contribution is 5.39. The Kier molecular flexibility index (Phi) is 4.95. The van der Waals surface area contributed by atoms with Gasteiger partial charge in [-0.1, -0.05) is 17.3 Å². The van der Waals surface area contributed by atoms with Crippen LogP contribution in [0.1, 0.15) is 18.6 Å². The lowest BCUT2D eigenvalue weighted by atomic mass is 10.2. The Labute approximate surface area is 118 Å². The van der Waals surface area contributed by atoms with Gasteiger partial charge in [0.15, 0.2) is 23.9 Å². The summed E-state index contributed by atoms with van der Waals surface area (Å²) in [6.45, 7) is 2.28. The van der Waals surface area contributed by atoms with Crippen LogP contribution in [0, 0.1) is 0 Å². The van der Waals surface area contributed by atoms with Gasteiger partial charge in [-0.25, -0.2) is 0 Å². The molecule has 20 heavy (non-hydrogen) atoms. The number of hydrogen-bond donors (Lipinski definition) is 1. The number of nitrogens with one attached hydrogen (secondary N) is 1. The van der Waals surface area contributed by atoms with Crippen LogP contribution in [0.25, 0.3) is 0 Å². The van der Waals surface area contributed by atoms with Crippen molar-refractivity contribution in [3.05, 3.63) is 36.0 Å². The minimum atomic E-state index is 0.224. The van der Waals surface area contributed by atoms with E-state index < -0.39 is 0 Å². The van der Waals surface area contributed by atoms with E-state index in [2.05, 4.69) is 22.4 Å². The van der Waals surface area contributed by atoms with Crippen LogP contribution in [0.4, 0.5) is 0 Å². The molecule has 1 aromatic heterocycles. The fourth-order valence-electron chi connectivity index (χ4n) is 1.69. The van der Waals surface area contributed by atoms with Crippen molar-refractivity contribution >= 4 is 0 Å². The van der Waals surface area contributed by atoms with Crippen LogP contribution in [-0.4, -0.2) is 30.3 Å². The van der Waals surface area contributed by atoms with Crippen LogP contribution >= 0.6 is 0 Å². The van der Waals surface area contributed by atoms with Crippen molar-refractivity contribution in [2.45, 2.75) is 26.0 Å². The number of methoxy groups -OCH3 is 1. The zero-order chi connectivity index (χ0) is 14.4. The zero-order valence-electron chi connectivity index (χ0n) is 11.9. The predicted octanol–water partition coefficient (Wildman–Crippen LogP) is 1.81. The molecular formula is C14H19N3O3. The third-order valence-electron chi connectivity index (χ3n) is 2.91. The maximum atomic E-state index is 5.62. The molecule has 0 saturated heterocycles. The van der Waals surface area contributed by atoms with E-state index >= 15 is 0 Å². The van der Waals surface area contributed by atoms with Gasteiger partial charge in [0.25, 0.3) is 5.89 Å². The molecule has 2 aromatic rings. The minimum Gasteiger partial charge on any atom is -0.493 e. The Morgan fingerprint density at radius 1 is 1.30 bits per heavy atom. The number of benzene rings is 1. The van der Waals surface area contributed by atoms with Gasteiger partial charge in [0.2, 0.25) is 0 Å². The Hall–Kier alpha value is -2.08. The fraction of sp³-hybridized carbons (Fsp3) is 0.429. The summed E-state index contributed by atoms with van der Waals surface area (Å²) < 4.78 is 16.0. The molecule has 6 nitrogen and oxygen atoms in total. The first kappa shape index (κ1) is 14.3. The Balaban J connectivity index is 1.94. The molecule has 0 aliphatic rings. The molecule has 0 spiro atoms. The van der Waals surface area contributed by atoms with Crippen molar-refractivity contribution < 1.29 is 14.0 Å². The Morgan fingerprint density at radius 2 is 2.05 bits per heavy atom. The Bertz CT molecular complexity index is 542. The normalized spacial score (nSPS) is 12.2. The van der Waals surface area contributed by atoms with Crippen LogP contribution in [-0.2, 0) is 13.0 Å². The monoisotopic (exact) mass is 277 g/mol. The largest absolute Gasteiger partial charge is 0.493 e. The van der Waals surface area contributed by atoms with E-state index in [1.807, 2.05) is 31.3 Å². The second-order valence-corrected chi connectivity index (χ2v) is 4.44. The summed E-state index contributed by atoms with van der Waals surface area (Å²) in [5.74, 6) is 2.45. The van der Waals surface area contributed by atoms with Crippen molar-refractivity contribution in [3.8, 4) is 11.5 Å². The molecule has 1 atom stereocenters. The van der Waals surface area contributed by atoms with Gasteiger partial charge in [0.05, 0.1) is 7.11 Å². The second-order valence-electron chi connectivity index (χ2n) is 4.44. The van der Waals surface area contributed by atoms with E-state index in [1.54, 1.807) is 7.11 Å². The van der Waals surface area contributed by atoms with Crippen LogP contribution in [0.3, 0.4) is 0 Å². The van der Waals surface area contributed by atoms with Crippen molar-refractivity contribution in [2.24, 2.45) is 0 Å². The topological polar surface area (TPSA) is 69.4 Å². The summed E-state index contributed by atoms with van der Waals surface area (Å²) in [5.41, 5.74) is 0. The van der Waals surface area contributed by atoms with Gasteiger partial charge < -0.3 is 19.3 Å². The fourth-order valence-corrected chi connectivity index (χ4v) is 1.69. The third kappa shape index (κ3) is 3.71. The lowest BCUT2D eigenvalue weighted by Crippen LogP contribution is -2.24. The average Bonchev–Trinajstić information content (AvgIpc) is 2.92. The van der Waals surface area contributed by atoms with E-state index in [-0.39, 0.29) is 6.61 Å². The van der Waals surface area contributed by atoms with Gasteiger partial charge in [0.1, 0.15) is 0 Å². The summed E-state index contributed by atoms with van der Waals surface area (Å²) in [5, 5.41) is 7.05. The molecule has 0 bridgehead atoms. The average molecular weight is 277 g/mol. The van der Waals surface area contributed by atoms with Crippen molar-refractivity contribution in [1.29, 1.82) is 0 Å². The Morgan fingerprint density at radius 3 is 2.75 bits per heavy atom. The molecule has 108 valence electrons. The number of aromatic nitrogens is 2. The van der Waals surface area contributed by atoms with Gasteiger partial charge in [-0.15, -0.1) is 0 Å². The lowest BCUT2D eigenvalue weighted by molar-refractivity contribution is 0.233. The quantitative estimate of drug-likeness (QED) is 0.832. The van der Waals surface area contributed by atoms with E-state index in [0.29, 0.717) is 35.7 Å². The molecule has 2 rings (SSSR count). The third-order valence-corrected chi connectivity index (χ3v) is 2.91. The lowest BCUT2D eigenvalue weighted by Gasteiger charge is -2.07. The van der Waals surface area contributed by atoms with Crippen LogP contribution in [0.5, 0.6) is 11.5 Å². The van der Waals surface area contributed by atoms with Crippen LogP contribution < -0.4 is 14.8 Å². The van der Waals surface area contributed by atoms with Crippen molar-refractivity contribution in [3.63, 3.8) is 0 Å². The summed E-state index contributed by atoms with van der Waals surface area (Å²) in [4.78, 5) is 4.29. The van der Waals surface area contributed by atoms with Gasteiger partial charge >= 0.3 is 0 Å². The molecule has 0 saturated carbocycles. The van der Waals surface area contributed by atoms with Gasteiger partial charge in [-0.3, -0.25) is 0 Å². The molecule has 0 aliphatic heterocycles. The summed E-state index contributed by atoms with van der Waals surface area (Å²) >= 11 is 0. The smallest absolute Gasteiger partial charge is 0.264 e. The first-order valence-corrected chi connectivity index (χ1v) is 6.47. The molecule has 6 heteroatoms.